The number of amides is 1. The van der Waals surface area contributed by atoms with Gasteiger partial charge in [0.15, 0.2) is 6.29 Å². The number of nitrogens with one attached hydrogen (secondary N) is 1. The van der Waals surface area contributed by atoms with E-state index in [9.17, 15) is 13.2 Å². The summed E-state index contributed by atoms with van der Waals surface area (Å²) in [6, 6.07) is 23.1. The first-order chi connectivity index (χ1) is 19.8. The van der Waals surface area contributed by atoms with E-state index in [2.05, 4.69) is 5.32 Å². The molecule has 0 bridgehead atoms. The molecule has 5 atom stereocenters. The highest BCUT2D eigenvalue weighted by Crippen LogP contribution is 2.33. The SMILES string of the molecule is COc1ccc(S(=O)(=O)N(C[C@@H](N)[C@H](Cc2ccccc2)NC(=O)O[C@H]2CO[C@H]3OCC[C@H]32)c2ccccc2)cc1. The van der Waals surface area contributed by atoms with Gasteiger partial charge >= 0.3 is 6.09 Å². The van der Waals surface area contributed by atoms with E-state index < -0.39 is 34.3 Å². The minimum Gasteiger partial charge on any atom is -0.497 e. The lowest BCUT2D eigenvalue weighted by Crippen LogP contribution is -2.55. The maximum atomic E-state index is 13.9. The molecule has 0 radical (unpaired) electrons. The predicted octanol–water partition coefficient (Wildman–Crippen LogP) is 3.32. The molecule has 218 valence electrons. The number of hydrogen-bond donors (Lipinski definition) is 2. The number of carbonyl (C=O) groups is 1. The van der Waals surface area contributed by atoms with Crippen LogP contribution in [-0.4, -0.2) is 65.9 Å². The fourth-order valence-electron chi connectivity index (χ4n) is 5.18. The Hall–Kier alpha value is -3.64. The summed E-state index contributed by atoms with van der Waals surface area (Å²) < 4.78 is 51.1. The number of nitrogens with zero attached hydrogens (tertiary/aromatic N) is 1. The minimum atomic E-state index is -4.01. The number of ether oxygens (including phenoxy) is 4. The van der Waals surface area contributed by atoms with E-state index in [4.69, 9.17) is 24.7 Å². The molecule has 0 aromatic heterocycles. The van der Waals surface area contributed by atoms with Crippen molar-refractivity contribution in [2.75, 3.05) is 31.2 Å². The number of carbonyl (C=O) groups excluding carboxylic acids is 1. The van der Waals surface area contributed by atoms with Crippen molar-refractivity contribution >= 4 is 21.8 Å². The number of alkyl carbamates (subject to hydrolysis) is 1. The third kappa shape index (κ3) is 6.82. The molecule has 3 N–H and O–H groups in total. The number of fused-ring (bicyclic) bond motifs is 1. The molecule has 2 heterocycles. The number of rotatable bonds is 11. The van der Waals surface area contributed by atoms with E-state index in [0.29, 0.717) is 24.5 Å². The summed E-state index contributed by atoms with van der Waals surface area (Å²) in [7, 11) is -2.50. The van der Waals surface area contributed by atoms with Crippen LogP contribution in [-0.2, 0) is 30.7 Å². The number of anilines is 1. The second-order valence-electron chi connectivity index (χ2n) is 10.1. The van der Waals surface area contributed by atoms with Crippen LogP contribution in [0.1, 0.15) is 12.0 Å². The Balaban J connectivity index is 1.38. The van der Waals surface area contributed by atoms with Crippen LogP contribution < -0.4 is 20.1 Å². The van der Waals surface area contributed by atoms with E-state index in [-0.39, 0.29) is 30.3 Å². The molecule has 5 rings (SSSR count). The molecule has 0 aliphatic carbocycles. The Kier molecular flexibility index (Phi) is 9.09. The van der Waals surface area contributed by atoms with Gasteiger partial charge in [0.05, 0.1) is 49.4 Å². The molecule has 2 aliphatic rings. The summed E-state index contributed by atoms with van der Waals surface area (Å²) in [5, 5.41) is 2.91. The third-order valence-corrected chi connectivity index (χ3v) is 9.24. The highest BCUT2D eigenvalue weighted by molar-refractivity contribution is 7.92. The van der Waals surface area contributed by atoms with Gasteiger partial charge in [-0.2, -0.15) is 0 Å². The molecule has 2 saturated heterocycles. The lowest BCUT2D eigenvalue weighted by molar-refractivity contribution is -0.0907. The van der Waals surface area contributed by atoms with Crippen LogP contribution >= 0.6 is 0 Å². The largest absolute Gasteiger partial charge is 0.497 e. The molecule has 0 spiro atoms. The van der Waals surface area contributed by atoms with Gasteiger partial charge in [-0.05, 0) is 54.8 Å². The number of methoxy groups -OCH3 is 1. The fraction of sp³-hybridized carbons (Fsp3) is 0.367. The molecule has 3 aromatic carbocycles. The van der Waals surface area contributed by atoms with Crippen LogP contribution in [0.3, 0.4) is 0 Å². The monoisotopic (exact) mass is 581 g/mol. The first-order valence-corrected chi connectivity index (χ1v) is 15.0. The minimum absolute atomic E-state index is 0.00907. The average Bonchev–Trinajstić information content (AvgIpc) is 3.61. The zero-order chi connectivity index (χ0) is 28.8. The first kappa shape index (κ1) is 28.9. The molecule has 0 saturated carbocycles. The van der Waals surface area contributed by atoms with Crippen molar-refractivity contribution < 1.29 is 32.2 Å². The Morgan fingerprint density at radius 2 is 1.71 bits per heavy atom. The molecule has 10 nitrogen and oxygen atoms in total. The number of para-hydroxylation sites is 1. The van der Waals surface area contributed by atoms with Gasteiger partial charge in [-0.3, -0.25) is 4.31 Å². The quantitative estimate of drug-likeness (QED) is 0.353. The van der Waals surface area contributed by atoms with E-state index in [0.717, 1.165) is 12.0 Å². The van der Waals surface area contributed by atoms with Gasteiger partial charge in [0.1, 0.15) is 11.9 Å². The smallest absolute Gasteiger partial charge is 0.407 e. The predicted molar refractivity (Wildman–Crippen MR) is 153 cm³/mol. The summed E-state index contributed by atoms with van der Waals surface area (Å²) in [5.74, 6) is 0.533. The molecule has 0 unspecified atom stereocenters. The van der Waals surface area contributed by atoms with Gasteiger partial charge in [-0.15, -0.1) is 0 Å². The molecular weight excluding hydrogens is 546 g/mol. The molecule has 41 heavy (non-hydrogen) atoms. The molecule has 11 heteroatoms. The summed E-state index contributed by atoms with van der Waals surface area (Å²) >= 11 is 0. The molecule has 2 fully saturated rings. The van der Waals surface area contributed by atoms with Crippen molar-refractivity contribution in [3.05, 3.63) is 90.5 Å². The summed E-state index contributed by atoms with van der Waals surface area (Å²) in [6.45, 7) is 0.734. The number of hydrogen-bond acceptors (Lipinski definition) is 8. The van der Waals surface area contributed by atoms with Gasteiger partial charge in [-0.1, -0.05) is 48.5 Å². The Morgan fingerprint density at radius 1 is 1.02 bits per heavy atom. The zero-order valence-corrected chi connectivity index (χ0v) is 23.6. The highest BCUT2D eigenvalue weighted by Gasteiger charge is 2.44. The van der Waals surface area contributed by atoms with Crippen LogP contribution in [0.5, 0.6) is 5.75 Å². The second kappa shape index (κ2) is 12.9. The van der Waals surface area contributed by atoms with Gasteiger partial charge in [0.2, 0.25) is 0 Å². The van der Waals surface area contributed by atoms with Crippen LogP contribution in [0.25, 0.3) is 0 Å². The Labute approximate surface area is 240 Å². The van der Waals surface area contributed by atoms with E-state index in [1.54, 1.807) is 36.4 Å². The van der Waals surface area contributed by atoms with Crippen molar-refractivity contribution in [3.63, 3.8) is 0 Å². The maximum absolute atomic E-state index is 13.9. The van der Waals surface area contributed by atoms with Crippen molar-refractivity contribution in [2.45, 2.75) is 42.2 Å². The standard InChI is InChI=1S/C30H35N3O7S/c1-37-23-12-14-24(15-13-23)41(35,36)33(22-10-6-3-7-11-22)19-26(31)27(18-21-8-4-2-5-9-21)32-30(34)40-28-20-39-29-25(28)16-17-38-29/h2-15,25-29H,16-20,31H2,1H3,(H,32,34)/t25-,26+,27-,28-,29+/m0/s1. The van der Waals surface area contributed by atoms with Crippen molar-refractivity contribution in [1.29, 1.82) is 0 Å². The first-order valence-electron chi connectivity index (χ1n) is 13.6. The lowest BCUT2D eigenvalue weighted by Gasteiger charge is -2.32. The van der Waals surface area contributed by atoms with E-state index in [1.165, 1.54) is 23.5 Å². The zero-order valence-electron chi connectivity index (χ0n) is 22.8. The van der Waals surface area contributed by atoms with Crippen LogP contribution in [0.15, 0.2) is 89.8 Å². The van der Waals surface area contributed by atoms with Crippen LogP contribution in [0.4, 0.5) is 10.5 Å². The summed E-state index contributed by atoms with van der Waals surface area (Å²) in [6.07, 6.45) is -0.277. The van der Waals surface area contributed by atoms with Gasteiger partial charge < -0.3 is 30.0 Å². The lowest BCUT2D eigenvalue weighted by atomic mass is 9.99. The van der Waals surface area contributed by atoms with Crippen LogP contribution in [0.2, 0.25) is 0 Å². The average molecular weight is 582 g/mol. The third-order valence-electron chi connectivity index (χ3n) is 7.43. The number of benzene rings is 3. The van der Waals surface area contributed by atoms with E-state index >= 15 is 0 Å². The topological polar surface area (TPSA) is 129 Å². The maximum Gasteiger partial charge on any atom is 0.407 e. The number of sulfonamides is 1. The van der Waals surface area contributed by atoms with Gasteiger partial charge in [-0.25, -0.2) is 13.2 Å². The molecule has 1 amide bonds. The van der Waals surface area contributed by atoms with Gasteiger partial charge in [0, 0.05) is 6.04 Å². The Morgan fingerprint density at radius 3 is 2.39 bits per heavy atom. The van der Waals surface area contributed by atoms with E-state index in [1.807, 2.05) is 36.4 Å². The number of nitrogens with two attached hydrogens (primary N) is 1. The Bertz CT molecular complexity index is 1390. The van der Waals surface area contributed by atoms with Crippen molar-refractivity contribution in [2.24, 2.45) is 11.7 Å². The van der Waals surface area contributed by atoms with Crippen LogP contribution in [0, 0.1) is 5.92 Å². The molecule has 2 aliphatic heterocycles. The summed E-state index contributed by atoms with van der Waals surface area (Å²) in [4.78, 5) is 13.2. The highest BCUT2D eigenvalue weighted by atomic mass is 32.2. The molecular formula is C30H35N3O7S. The van der Waals surface area contributed by atoms with Crippen molar-refractivity contribution in [1.82, 2.24) is 5.32 Å². The van der Waals surface area contributed by atoms with Crippen molar-refractivity contribution in [3.8, 4) is 5.75 Å². The normalized spacial score (nSPS) is 21.5. The summed E-state index contributed by atoms with van der Waals surface area (Å²) in [5.41, 5.74) is 8.12. The fourth-order valence-corrected chi connectivity index (χ4v) is 6.68. The van der Waals surface area contributed by atoms with Gasteiger partial charge in [0.25, 0.3) is 10.0 Å². The second-order valence-corrected chi connectivity index (χ2v) is 12.0. The molecule has 3 aromatic rings.